The van der Waals surface area contributed by atoms with E-state index in [1.54, 1.807) is 14.2 Å². The Hall–Kier alpha value is -1.95. The molecule has 3 rings (SSSR count). The van der Waals surface area contributed by atoms with E-state index in [0.717, 1.165) is 30.0 Å². The van der Waals surface area contributed by atoms with E-state index in [-0.39, 0.29) is 12.4 Å². The number of hydrogen-bond donors (Lipinski definition) is 1. The fourth-order valence-corrected chi connectivity index (χ4v) is 2.22. The Morgan fingerprint density at radius 2 is 2.15 bits per heavy atom. The van der Waals surface area contributed by atoms with E-state index in [2.05, 4.69) is 15.5 Å². The SMILES string of the molecule is COc1ccc2c(CC3=NCCN3)noc2c1OC.Cl. The topological polar surface area (TPSA) is 68.9 Å². The molecule has 108 valence electrons. The molecule has 0 saturated heterocycles. The third-order valence-corrected chi connectivity index (χ3v) is 3.14. The second-order valence-electron chi connectivity index (χ2n) is 4.24. The number of nitrogens with one attached hydrogen (secondary N) is 1. The minimum Gasteiger partial charge on any atom is -0.493 e. The minimum atomic E-state index is 0. The van der Waals surface area contributed by atoms with Crippen molar-refractivity contribution in [2.24, 2.45) is 4.99 Å². The summed E-state index contributed by atoms with van der Waals surface area (Å²) in [5.41, 5.74) is 1.46. The lowest BCUT2D eigenvalue weighted by atomic mass is 10.1. The lowest BCUT2D eigenvalue weighted by Gasteiger charge is -2.06. The van der Waals surface area contributed by atoms with E-state index in [9.17, 15) is 0 Å². The molecule has 20 heavy (non-hydrogen) atoms. The van der Waals surface area contributed by atoms with Crippen molar-refractivity contribution >= 4 is 29.2 Å². The van der Waals surface area contributed by atoms with Gasteiger partial charge in [-0.2, -0.15) is 0 Å². The van der Waals surface area contributed by atoms with Crippen molar-refractivity contribution in [3.63, 3.8) is 0 Å². The highest BCUT2D eigenvalue weighted by Gasteiger charge is 2.18. The first kappa shape index (κ1) is 14.5. The van der Waals surface area contributed by atoms with E-state index in [4.69, 9.17) is 14.0 Å². The Morgan fingerprint density at radius 1 is 1.30 bits per heavy atom. The maximum atomic E-state index is 5.39. The molecular formula is C13H16ClN3O3. The van der Waals surface area contributed by atoms with Crippen LogP contribution in [0.4, 0.5) is 0 Å². The number of nitrogens with zero attached hydrogens (tertiary/aromatic N) is 2. The molecule has 1 aliphatic heterocycles. The molecule has 0 atom stereocenters. The summed E-state index contributed by atoms with van der Waals surface area (Å²) in [4.78, 5) is 4.36. The third kappa shape index (κ3) is 2.38. The molecule has 0 aliphatic carbocycles. The smallest absolute Gasteiger partial charge is 0.212 e. The Morgan fingerprint density at radius 3 is 2.80 bits per heavy atom. The van der Waals surface area contributed by atoms with Crippen LogP contribution in [0, 0.1) is 0 Å². The van der Waals surface area contributed by atoms with Gasteiger partial charge < -0.3 is 19.3 Å². The number of methoxy groups -OCH3 is 2. The van der Waals surface area contributed by atoms with Gasteiger partial charge in [0.25, 0.3) is 0 Å². The maximum Gasteiger partial charge on any atom is 0.212 e. The van der Waals surface area contributed by atoms with E-state index in [0.29, 0.717) is 23.5 Å². The molecule has 2 aromatic rings. The average Bonchev–Trinajstić information content (AvgIpc) is 3.08. The number of hydrogen-bond acceptors (Lipinski definition) is 6. The predicted octanol–water partition coefficient (Wildman–Crippen LogP) is 1.81. The summed E-state index contributed by atoms with van der Waals surface area (Å²) in [5, 5.41) is 8.26. The number of halogens is 1. The van der Waals surface area contributed by atoms with Gasteiger partial charge >= 0.3 is 0 Å². The van der Waals surface area contributed by atoms with Crippen LogP contribution in [-0.2, 0) is 6.42 Å². The van der Waals surface area contributed by atoms with Crippen LogP contribution in [0.3, 0.4) is 0 Å². The number of amidine groups is 1. The summed E-state index contributed by atoms with van der Waals surface area (Å²) in [6.07, 6.45) is 0.641. The average molecular weight is 298 g/mol. The highest BCUT2D eigenvalue weighted by molar-refractivity contribution is 5.92. The molecule has 0 bridgehead atoms. The van der Waals surface area contributed by atoms with Gasteiger partial charge in [-0.05, 0) is 12.1 Å². The van der Waals surface area contributed by atoms with Crippen LogP contribution in [0.2, 0.25) is 0 Å². The van der Waals surface area contributed by atoms with Crippen LogP contribution in [0.25, 0.3) is 11.0 Å². The zero-order chi connectivity index (χ0) is 13.2. The number of ether oxygens (including phenoxy) is 2. The lowest BCUT2D eigenvalue weighted by molar-refractivity contribution is 0.347. The number of benzene rings is 1. The first-order valence-electron chi connectivity index (χ1n) is 6.10. The molecule has 1 aromatic carbocycles. The molecule has 0 spiro atoms. The molecular weight excluding hydrogens is 282 g/mol. The number of rotatable bonds is 4. The molecule has 1 N–H and O–H groups in total. The second kappa shape index (κ2) is 6.00. The first-order valence-corrected chi connectivity index (χ1v) is 6.10. The molecule has 7 heteroatoms. The summed E-state index contributed by atoms with van der Waals surface area (Å²) in [6.45, 7) is 1.71. The summed E-state index contributed by atoms with van der Waals surface area (Å²) in [7, 11) is 3.18. The van der Waals surface area contributed by atoms with Gasteiger partial charge in [-0.3, -0.25) is 4.99 Å². The van der Waals surface area contributed by atoms with E-state index >= 15 is 0 Å². The van der Waals surface area contributed by atoms with Gasteiger partial charge in [0.15, 0.2) is 5.75 Å². The van der Waals surface area contributed by atoms with Crippen LogP contribution < -0.4 is 14.8 Å². The monoisotopic (exact) mass is 297 g/mol. The molecule has 0 fully saturated rings. The van der Waals surface area contributed by atoms with Gasteiger partial charge in [0.1, 0.15) is 5.84 Å². The van der Waals surface area contributed by atoms with Crippen molar-refractivity contribution in [3.8, 4) is 11.5 Å². The van der Waals surface area contributed by atoms with Gasteiger partial charge in [-0.1, -0.05) is 5.16 Å². The van der Waals surface area contributed by atoms with Gasteiger partial charge in [0, 0.05) is 11.9 Å². The highest BCUT2D eigenvalue weighted by Crippen LogP contribution is 2.36. The largest absolute Gasteiger partial charge is 0.493 e. The van der Waals surface area contributed by atoms with Crippen LogP contribution in [-0.4, -0.2) is 38.3 Å². The lowest BCUT2D eigenvalue weighted by Crippen LogP contribution is -2.20. The number of aromatic nitrogens is 1. The molecule has 0 unspecified atom stereocenters. The first-order chi connectivity index (χ1) is 9.33. The summed E-state index contributed by atoms with van der Waals surface area (Å²) >= 11 is 0. The van der Waals surface area contributed by atoms with Gasteiger partial charge in [0.05, 0.1) is 32.9 Å². The Balaban J connectivity index is 0.00000147. The molecule has 1 aliphatic rings. The molecule has 0 amide bonds. The number of fused-ring (bicyclic) bond motifs is 1. The summed E-state index contributed by atoms with van der Waals surface area (Å²) in [5.74, 6) is 2.15. The highest BCUT2D eigenvalue weighted by atomic mass is 35.5. The van der Waals surface area contributed by atoms with Crippen molar-refractivity contribution in [1.29, 1.82) is 0 Å². The zero-order valence-electron chi connectivity index (χ0n) is 11.3. The fourth-order valence-electron chi connectivity index (χ4n) is 2.22. The van der Waals surface area contributed by atoms with Crippen molar-refractivity contribution in [3.05, 3.63) is 17.8 Å². The predicted molar refractivity (Wildman–Crippen MR) is 78.4 cm³/mol. The normalized spacial score (nSPS) is 13.6. The van der Waals surface area contributed by atoms with Crippen LogP contribution in [0.1, 0.15) is 5.69 Å². The van der Waals surface area contributed by atoms with Gasteiger partial charge in [-0.25, -0.2) is 0 Å². The van der Waals surface area contributed by atoms with Crippen LogP contribution in [0.5, 0.6) is 11.5 Å². The van der Waals surface area contributed by atoms with Gasteiger partial charge in [-0.15, -0.1) is 12.4 Å². The molecule has 2 heterocycles. The summed E-state index contributed by atoms with van der Waals surface area (Å²) < 4.78 is 16.0. The fraction of sp³-hybridized carbons (Fsp3) is 0.385. The van der Waals surface area contributed by atoms with Gasteiger partial charge in [0.2, 0.25) is 11.3 Å². The third-order valence-electron chi connectivity index (χ3n) is 3.14. The van der Waals surface area contributed by atoms with E-state index in [1.807, 2.05) is 12.1 Å². The molecule has 0 saturated carbocycles. The molecule has 1 aromatic heterocycles. The van der Waals surface area contributed by atoms with Crippen molar-refractivity contribution < 1.29 is 14.0 Å². The molecule has 6 nitrogen and oxygen atoms in total. The summed E-state index contributed by atoms with van der Waals surface area (Å²) in [6, 6.07) is 3.78. The Labute approximate surface area is 122 Å². The molecule has 0 radical (unpaired) electrons. The Bertz CT molecular complexity index is 639. The zero-order valence-corrected chi connectivity index (χ0v) is 12.1. The minimum absolute atomic E-state index is 0. The van der Waals surface area contributed by atoms with Crippen LogP contribution in [0.15, 0.2) is 21.6 Å². The van der Waals surface area contributed by atoms with Crippen LogP contribution >= 0.6 is 12.4 Å². The van der Waals surface area contributed by atoms with E-state index < -0.39 is 0 Å². The number of aliphatic imine (C=N–C) groups is 1. The van der Waals surface area contributed by atoms with Crippen molar-refractivity contribution in [2.45, 2.75) is 6.42 Å². The standard InChI is InChI=1S/C13H15N3O3.ClH/c1-17-10-4-3-8-9(7-11-14-5-6-15-11)16-19-12(8)13(10)18-2;/h3-4H,5-7H2,1-2H3,(H,14,15);1H. The maximum absolute atomic E-state index is 5.39. The Kier molecular flexibility index (Phi) is 4.34. The van der Waals surface area contributed by atoms with E-state index in [1.165, 1.54) is 0 Å². The van der Waals surface area contributed by atoms with Crippen molar-refractivity contribution in [2.75, 3.05) is 27.3 Å². The van der Waals surface area contributed by atoms with Crippen molar-refractivity contribution in [1.82, 2.24) is 10.5 Å². The quantitative estimate of drug-likeness (QED) is 0.932. The second-order valence-corrected chi connectivity index (χ2v) is 4.24.